The lowest BCUT2D eigenvalue weighted by Gasteiger charge is -2.14. The molecule has 1 unspecified atom stereocenters. The monoisotopic (exact) mass is 389 g/mol. The van der Waals surface area contributed by atoms with E-state index in [-0.39, 0.29) is 6.10 Å². The van der Waals surface area contributed by atoms with Gasteiger partial charge < -0.3 is 19.2 Å². The van der Waals surface area contributed by atoms with Crippen molar-refractivity contribution in [2.45, 2.75) is 13.0 Å². The number of hydrogen-bond donors (Lipinski definition) is 1. The quantitative estimate of drug-likeness (QED) is 0.500. The summed E-state index contributed by atoms with van der Waals surface area (Å²) in [6.07, 6.45) is 1.41. The van der Waals surface area contributed by atoms with Gasteiger partial charge in [0.25, 0.3) is 0 Å². The number of benzene rings is 2. The molecule has 1 N–H and O–H groups in total. The van der Waals surface area contributed by atoms with Crippen molar-refractivity contribution >= 4 is 11.1 Å². The minimum atomic E-state index is -0.0584. The molecule has 0 bridgehead atoms. The number of furan rings is 1. The maximum atomic E-state index is 6.20. The smallest absolute Gasteiger partial charge is 0.234 e. The van der Waals surface area contributed by atoms with Gasteiger partial charge in [-0.15, -0.1) is 0 Å². The van der Waals surface area contributed by atoms with Crippen LogP contribution in [0.1, 0.15) is 6.92 Å². The molecule has 0 aliphatic carbocycles. The molecule has 0 spiro atoms. The van der Waals surface area contributed by atoms with Crippen LogP contribution in [0, 0.1) is 0 Å². The van der Waals surface area contributed by atoms with Gasteiger partial charge in [-0.1, -0.05) is 42.5 Å². The molecule has 2 aromatic carbocycles. The van der Waals surface area contributed by atoms with E-state index in [0.717, 1.165) is 33.6 Å². The molecule has 0 amide bonds. The van der Waals surface area contributed by atoms with E-state index in [9.17, 15) is 0 Å². The molecule has 29 heavy (non-hydrogen) atoms. The number of nitrogens with zero attached hydrogens (tertiary/aromatic N) is 2. The van der Waals surface area contributed by atoms with Gasteiger partial charge in [0.1, 0.15) is 29.3 Å². The first kappa shape index (κ1) is 19.0. The van der Waals surface area contributed by atoms with Crippen LogP contribution < -0.4 is 14.8 Å². The summed E-state index contributed by atoms with van der Waals surface area (Å²) in [7, 11) is 3.55. The second-order valence-electron chi connectivity index (χ2n) is 6.75. The van der Waals surface area contributed by atoms with Crippen LogP contribution in [-0.4, -0.2) is 36.8 Å². The fourth-order valence-corrected chi connectivity index (χ4v) is 3.34. The Hall–Kier alpha value is -3.38. The zero-order valence-electron chi connectivity index (χ0n) is 16.7. The molecule has 0 saturated carbocycles. The lowest BCUT2D eigenvalue weighted by molar-refractivity contribution is 0.214. The summed E-state index contributed by atoms with van der Waals surface area (Å²) in [4.78, 5) is 8.77. The molecule has 148 valence electrons. The average Bonchev–Trinajstić information content (AvgIpc) is 3.15. The lowest BCUT2D eigenvalue weighted by atomic mass is 9.99. The highest BCUT2D eigenvalue weighted by atomic mass is 16.5. The highest BCUT2D eigenvalue weighted by molar-refractivity contribution is 6.03. The summed E-state index contributed by atoms with van der Waals surface area (Å²) >= 11 is 0. The highest BCUT2D eigenvalue weighted by Crippen LogP contribution is 2.43. The maximum Gasteiger partial charge on any atom is 0.234 e. The Morgan fingerprint density at radius 2 is 1.76 bits per heavy atom. The van der Waals surface area contributed by atoms with Crippen molar-refractivity contribution in [2.75, 3.05) is 20.7 Å². The van der Waals surface area contributed by atoms with E-state index in [2.05, 4.69) is 15.3 Å². The average molecular weight is 389 g/mol. The van der Waals surface area contributed by atoms with E-state index >= 15 is 0 Å². The number of ether oxygens (including phenoxy) is 2. The number of aromatic nitrogens is 2. The third-order valence-corrected chi connectivity index (χ3v) is 4.67. The van der Waals surface area contributed by atoms with Crippen molar-refractivity contribution in [1.29, 1.82) is 0 Å². The Kier molecular flexibility index (Phi) is 5.44. The van der Waals surface area contributed by atoms with E-state index in [1.807, 2.05) is 68.6 Å². The van der Waals surface area contributed by atoms with Crippen molar-refractivity contribution in [3.63, 3.8) is 0 Å². The summed E-state index contributed by atoms with van der Waals surface area (Å²) in [6.45, 7) is 2.70. The number of fused-ring (bicyclic) bond motifs is 1. The number of hydrogen-bond acceptors (Lipinski definition) is 6. The summed E-state index contributed by atoms with van der Waals surface area (Å²) in [5.41, 5.74) is 3.34. The Morgan fingerprint density at radius 3 is 2.45 bits per heavy atom. The van der Waals surface area contributed by atoms with Gasteiger partial charge in [0.05, 0.1) is 7.11 Å². The molecule has 1 atom stereocenters. The lowest BCUT2D eigenvalue weighted by Crippen LogP contribution is -2.26. The topological polar surface area (TPSA) is 69.4 Å². The van der Waals surface area contributed by atoms with Gasteiger partial charge in [-0.3, -0.25) is 0 Å². The largest absolute Gasteiger partial charge is 0.497 e. The van der Waals surface area contributed by atoms with Gasteiger partial charge in [0.15, 0.2) is 0 Å². The molecule has 0 aliphatic heterocycles. The van der Waals surface area contributed by atoms with Crippen molar-refractivity contribution in [3.05, 3.63) is 60.9 Å². The van der Waals surface area contributed by atoms with Crippen LogP contribution in [0.2, 0.25) is 0 Å². The molecule has 0 aliphatic rings. The molecule has 4 rings (SSSR count). The fourth-order valence-electron chi connectivity index (χ4n) is 3.34. The van der Waals surface area contributed by atoms with E-state index < -0.39 is 0 Å². The normalized spacial score (nSPS) is 12.1. The summed E-state index contributed by atoms with van der Waals surface area (Å²) in [5, 5.41) is 3.88. The molecule has 4 aromatic rings. The molecular formula is C23H23N3O3. The van der Waals surface area contributed by atoms with Gasteiger partial charge in [0.2, 0.25) is 11.6 Å². The van der Waals surface area contributed by atoms with Crippen molar-refractivity contribution in [3.8, 4) is 34.1 Å². The Labute approximate surface area is 169 Å². The van der Waals surface area contributed by atoms with Gasteiger partial charge in [-0.25, -0.2) is 9.97 Å². The summed E-state index contributed by atoms with van der Waals surface area (Å²) in [6, 6.07) is 17.8. The van der Waals surface area contributed by atoms with Crippen molar-refractivity contribution < 1.29 is 13.9 Å². The van der Waals surface area contributed by atoms with Crippen LogP contribution in [0.3, 0.4) is 0 Å². The van der Waals surface area contributed by atoms with Crippen LogP contribution in [0.4, 0.5) is 0 Å². The minimum absolute atomic E-state index is 0.0584. The van der Waals surface area contributed by atoms with Crippen molar-refractivity contribution in [1.82, 2.24) is 15.3 Å². The van der Waals surface area contributed by atoms with E-state index in [1.54, 1.807) is 7.11 Å². The molecule has 6 heteroatoms. The first-order valence-corrected chi connectivity index (χ1v) is 9.50. The van der Waals surface area contributed by atoms with Crippen LogP contribution >= 0.6 is 0 Å². The van der Waals surface area contributed by atoms with E-state index in [4.69, 9.17) is 13.9 Å². The van der Waals surface area contributed by atoms with Crippen LogP contribution in [0.15, 0.2) is 65.3 Å². The molecule has 2 aromatic heterocycles. The number of methoxy groups -OCH3 is 1. The molecular weight excluding hydrogens is 366 g/mol. The molecule has 0 fully saturated rings. The third kappa shape index (κ3) is 3.79. The molecule has 0 saturated heterocycles. The van der Waals surface area contributed by atoms with Crippen molar-refractivity contribution in [2.24, 2.45) is 0 Å². The van der Waals surface area contributed by atoms with Crippen LogP contribution in [0.5, 0.6) is 11.6 Å². The number of rotatable bonds is 7. The predicted octanol–water partition coefficient (Wildman–Crippen LogP) is 4.55. The third-order valence-electron chi connectivity index (χ3n) is 4.67. The van der Waals surface area contributed by atoms with Gasteiger partial charge in [-0.05, 0) is 31.7 Å². The predicted molar refractivity (Wildman–Crippen MR) is 113 cm³/mol. The second kappa shape index (κ2) is 8.32. The number of nitrogens with one attached hydrogen (secondary N) is 1. The first-order valence-electron chi connectivity index (χ1n) is 9.50. The Balaban J connectivity index is 1.95. The Bertz CT molecular complexity index is 1090. The summed E-state index contributed by atoms with van der Waals surface area (Å²) in [5.74, 6) is 2.03. The zero-order valence-corrected chi connectivity index (χ0v) is 16.7. The van der Waals surface area contributed by atoms with Crippen LogP contribution in [0.25, 0.3) is 33.6 Å². The first-order chi connectivity index (χ1) is 14.2. The van der Waals surface area contributed by atoms with Crippen LogP contribution in [-0.2, 0) is 0 Å². The van der Waals surface area contributed by atoms with E-state index in [0.29, 0.717) is 18.1 Å². The highest BCUT2D eigenvalue weighted by Gasteiger charge is 2.23. The SMILES string of the molecule is CNCC(C)Oc1ncnc2oc(-c3ccccc3)c(-c3ccc(OC)cc3)c12. The minimum Gasteiger partial charge on any atom is -0.497 e. The van der Waals surface area contributed by atoms with Gasteiger partial charge in [0, 0.05) is 17.7 Å². The number of likely N-dealkylation sites (N-methyl/N-ethyl adjacent to an activating group) is 1. The van der Waals surface area contributed by atoms with Gasteiger partial charge >= 0.3 is 0 Å². The second-order valence-corrected chi connectivity index (χ2v) is 6.75. The van der Waals surface area contributed by atoms with E-state index in [1.165, 1.54) is 6.33 Å². The molecule has 2 heterocycles. The zero-order chi connectivity index (χ0) is 20.2. The summed E-state index contributed by atoms with van der Waals surface area (Å²) < 4.78 is 17.6. The maximum absolute atomic E-state index is 6.20. The van der Waals surface area contributed by atoms with Gasteiger partial charge in [-0.2, -0.15) is 0 Å². The Morgan fingerprint density at radius 1 is 1.00 bits per heavy atom. The molecule has 6 nitrogen and oxygen atoms in total. The fraction of sp³-hybridized carbons (Fsp3) is 0.217. The standard InChI is InChI=1S/C23H23N3O3/c1-15(13-24-2)28-22-20-19(16-9-11-18(27-3)12-10-16)21(17-7-5-4-6-8-17)29-23(20)26-14-25-22/h4-12,14-15,24H,13H2,1-3H3. The molecule has 0 radical (unpaired) electrons.